The summed E-state index contributed by atoms with van der Waals surface area (Å²) in [6, 6.07) is 0. The zero-order chi connectivity index (χ0) is 4.28. The van der Waals surface area contributed by atoms with Gasteiger partial charge in [-0.25, -0.2) is 0 Å². The van der Waals surface area contributed by atoms with E-state index < -0.39 is 6.23 Å². The summed E-state index contributed by atoms with van der Waals surface area (Å²) in [6.07, 6.45) is 0.0231. The lowest BCUT2D eigenvalue weighted by Gasteiger charge is -1.91. The maximum Gasteiger partial charge on any atom is 0.102 e. The molecule has 0 saturated carbocycles. The van der Waals surface area contributed by atoms with Crippen molar-refractivity contribution in [2.75, 3.05) is 0 Å². The Morgan fingerprint density at radius 3 is 2.00 bits per heavy atom. The molecule has 0 aliphatic heterocycles. The third kappa shape index (κ3) is 8.83. The molecule has 0 aliphatic carbocycles. The van der Waals surface area contributed by atoms with Crippen LogP contribution in [0.3, 0.4) is 0 Å². The number of rotatable bonds is 1. The molecule has 2 nitrogen and oxygen atoms in total. The van der Waals surface area contributed by atoms with E-state index in [2.05, 4.69) is 0 Å². The molecule has 3 N–H and O–H groups in total. The third-order valence-electron chi connectivity index (χ3n) is 0.418. The maximum absolute atomic E-state index is 8.14. The summed E-state index contributed by atoms with van der Waals surface area (Å²) >= 11 is 0. The average molecular weight is 156 g/mol. The minimum atomic E-state index is -0.616. The van der Waals surface area contributed by atoms with Gasteiger partial charge in [0.1, 0.15) is 6.23 Å². The van der Waals surface area contributed by atoms with Gasteiger partial charge < -0.3 is 10.8 Å². The Labute approximate surface area is 48.1 Å². The highest BCUT2D eigenvalue weighted by molar-refractivity contribution is 8.93. The molecule has 0 aromatic rings. The van der Waals surface area contributed by atoms with Crippen LogP contribution in [0.2, 0.25) is 0 Å². The van der Waals surface area contributed by atoms with Gasteiger partial charge in [0, 0.05) is 0 Å². The Morgan fingerprint density at radius 2 is 2.00 bits per heavy atom. The van der Waals surface area contributed by atoms with E-state index in [0.717, 1.165) is 0 Å². The van der Waals surface area contributed by atoms with E-state index >= 15 is 0 Å². The molecular formula is C3H10BrNO. The van der Waals surface area contributed by atoms with Crippen molar-refractivity contribution in [3.63, 3.8) is 0 Å². The molecule has 40 valence electrons. The zero-order valence-corrected chi connectivity index (χ0v) is 5.43. The molecule has 0 amide bonds. The molecule has 0 fully saturated rings. The van der Waals surface area contributed by atoms with Crippen LogP contribution in [0.1, 0.15) is 13.3 Å². The smallest absolute Gasteiger partial charge is 0.102 e. The van der Waals surface area contributed by atoms with Crippen LogP contribution in [0, 0.1) is 0 Å². The SMILES string of the molecule is Br.CCC(N)O. The van der Waals surface area contributed by atoms with E-state index in [4.69, 9.17) is 10.8 Å². The molecule has 1 unspecified atom stereocenters. The lowest BCUT2D eigenvalue weighted by Crippen LogP contribution is -2.16. The number of aliphatic hydroxyl groups excluding tert-OH is 1. The van der Waals surface area contributed by atoms with Gasteiger partial charge in [-0.05, 0) is 6.42 Å². The fraction of sp³-hybridized carbons (Fsp3) is 1.00. The lowest BCUT2D eigenvalue weighted by atomic mass is 10.5. The predicted molar refractivity (Wildman–Crippen MR) is 30.8 cm³/mol. The lowest BCUT2D eigenvalue weighted by molar-refractivity contribution is 0.178. The Kier molecular flexibility index (Phi) is 8.68. The second kappa shape index (κ2) is 5.40. The molecule has 3 heteroatoms. The summed E-state index contributed by atoms with van der Waals surface area (Å²) in [4.78, 5) is 0. The van der Waals surface area contributed by atoms with E-state index in [1.54, 1.807) is 0 Å². The maximum atomic E-state index is 8.14. The number of halogens is 1. The minimum Gasteiger partial charge on any atom is -0.379 e. The molecule has 0 aromatic carbocycles. The van der Waals surface area contributed by atoms with E-state index in [1.165, 1.54) is 0 Å². The van der Waals surface area contributed by atoms with Crippen LogP contribution in [0.25, 0.3) is 0 Å². The molecular weight excluding hydrogens is 146 g/mol. The van der Waals surface area contributed by atoms with E-state index in [9.17, 15) is 0 Å². The Morgan fingerprint density at radius 1 is 1.83 bits per heavy atom. The van der Waals surface area contributed by atoms with E-state index in [1.807, 2.05) is 6.92 Å². The molecule has 0 rings (SSSR count). The highest BCUT2D eigenvalue weighted by atomic mass is 79.9. The summed E-state index contributed by atoms with van der Waals surface area (Å²) in [6.45, 7) is 1.82. The summed E-state index contributed by atoms with van der Waals surface area (Å²) in [5.74, 6) is 0. The topological polar surface area (TPSA) is 46.2 Å². The number of aliphatic hydroxyl groups is 1. The molecule has 6 heavy (non-hydrogen) atoms. The zero-order valence-electron chi connectivity index (χ0n) is 3.72. The molecule has 0 bridgehead atoms. The first-order valence-corrected chi connectivity index (χ1v) is 1.71. The Hall–Kier alpha value is 0.400. The standard InChI is InChI=1S/C3H9NO.BrH/c1-2-3(4)5;/h3,5H,2,4H2,1H3;1H. The Balaban J connectivity index is 0. The van der Waals surface area contributed by atoms with Gasteiger partial charge in [0.05, 0.1) is 0 Å². The molecule has 0 aromatic heterocycles. The van der Waals surface area contributed by atoms with Gasteiger partial charge in [0.25, 0.3) is 0 Å². The van der Waals surface area contributed by atoms with Crippen molar-refractivity contribution in [3.8, 4) is 0 Å². The number of hydrogen-bond acceptors (Lipinski definition) is 2. The first kappa shape index (κ1) is 9.64. The van der Waals surface area contributed by atoms with Gasteiger partial charge in [0.2, 0.25) is 0 Å². The third-order valence-corrected chi connectivity index (χ3v) is 0.418. The molecule has 0 spiro atoms. The van der Waals surface area contributed by atoms with Crippen LogP contribution in [0.5, 0.6) is 0 Å². The van der Waals surface area contributed by atoms with Crippen molar-refractivity contribution in [2.45, 2.75) is 19.6 Å². The largest absolute Gasteiger partial charge is 0.379 e. The summed E-state index contributed by atoms with van der Waals surface area (Å²) < 4.78 is 0. The van der Waals surface area contributed by atoms with Gasteiger partial charge in [-0.1, -0.05) is 6.92 Å². The van der Waals surface area contributed by atoms with Crippen molar-refractivity contribution in [3.05, 3.63) is 0 Å². The number of hydrogen-bond donors (Lipinski definition) is 2. The van der Waals surface area contributed by atoms with Crippen molar-refractivity contribution in [1.82, 2.24) is 0 Å². The fourth-order valence-electron chi connectivity index (χ4n) is 0. The van der Waals surface area contributed by atoms with Gasteiger partial charge in [0.15, 0.2) is 0 Å². The number of nitrogens with two attached hydrogens (primary N) is 1. The minimum absolute atomic E-state index is 0. The quantitative estimate of drug-likeness (QED) is 0.534. The van der Waals surface area contributed by atoms with Gasteiger partial charge in [-0.15, -0.1) is 17.0 Å². The van der Waals surface area contributed by atoms with Gasteiger partial charge >= 0.3 is 0 Å². The Bertz CT molecular complexity index is 24.8. The van der Waals surface area contributed by atoms with Crippen molar-refractivity contribution >= 4 is 17.0 Å². The molecule has 0 heterocycles. The van der Waals surface area contributed by atoms with Crippen LogP contribution >= 0.6 is 17.0 Å². The van der Waals surface area contributed by atoms with Crippen LogP contribution in [-0.4, -0.2) is 11.3 Å². The van der Waals surface area contributed by atoms with E-state index in [-0.39, 0.29) is 17.0 Å². The predicted octanol–water partition coefficient (Wildman–Crippen LogP) is 0.251. The van der Waals surface area contributed by atoms with Crippen LogP contribution in [-0.2, 0) is 0 Å². The average Bonchev–Trinajstić information content (AvgIpc) is 1.38. The first-order valence-electron chi connectivity index (χ1n) is 1.71. The fourth-order valence-corrected chi connectivity index (χ4v) is 0. The second-order valence-corrected chi connectivity index (χ2v) is 0.976. The highest BCUT2D eigenvalue weighted by Gasteiger charge is 1.81. The van der Waals surface area contributed by atoms with Crippen LogP contribution < -0.4 is 5.73 Å². The van der Waals surface area contributed by atoms with Crippen LogP contribution in [0.15, 0.2) is 0 Å². The monoisotopic (exact) mass is 155 g/mol. The molecule has 0 saturated heterocycles. The van der Waals surface area contributed by atoms with Crippen molar-refractivity contribution < 1.29 is 5.11 Å². The highest BCUT2D eigenvalue weighted by Crippen LogP contribution is 1.72. The normalized spacial score (nSPS) is 12.5. The second-order valence-electron chi connectivity index (χ2n) is 0.976. The van der Waals surface area contributed by atoms with Crippen molar-refractivity contribution in [1.29, 1.82) is 0 Å². The molecule has 1 atom stereocenters. The van der Waals surface area contributed by atoms with Crippen molar-refractivity contribution in [2.24, 2.45) is 5.73 Å². The first-order chi connectivity index (χ1) is 2.27. The van der Waals surface area contributed by atoms with Gasteiger partial charge in [-0.2, -0.15) is 0 Å². The molecule has 0 aliphatic rings. The van der Waals surface area contributed by atoms with Crippen LogP contribution in [0.4, 0.5) is 0 Å². The summed E-state index contributed by atoms with van der Waals surface area (Å²) in [5, 5.41) is 8.14. The summed E-state index contributed by atoms with van der Waals surface area (Å²) in [7, 11) is 0. The molecule has 0 radical (unpaired) electrons. The van der Waals surface area contributed by atoms with E-state index in [0.29, 0.717) is 6.42 Å². The van der Waals surface area contributed by atoms with Gasteiger partial charge in [-0.3, -0.25) is 0 Å². The summed E-state index contributed by atoms with van der Waals surface area (Å²) in [5.41, 5.74) is 4.85.